The zero-order valence-corrected chi connectivity index (χ0v) is 13.0. The van der Waals surface area contributed by atoms with Crippen LogP contribution >= 0.6 is 23.8 Å². The van der Waals surface area contributed by atoms with E-state index in [1.807, 2.05) is 12.1 Å². The second kappa shape index (κ2) is 7.68. The Balaban J connectivity index is 3.29. The topological polar surface area (TPSA) is 49.5 Å². The van der Waals surface area contributed by atoms with Gasteiger partial charge in [0.25, 0.3) is 0 Å². The maximum Gasteiger partial charge on any atom is 0.107 e. The van der Waals surface area contributed by atoms with Crippen LogP contribution in [-0.2, 0) is 0 Å². The molecule has 19 heavy (non-hydrogen) atoms. The normalized spacial score (nSPS) is 10.8. The van der Waals surface area contributed by atoms with Gasteiger partial charge in [0.05, 0.1) is 17.2 Å². The van der Waals surface area contributed by atoms with Crippen LogP contribution in [0.4, 0.5) is 5.69 Å². The van der Waals surface area contributed by atoms with Gasteiger partial charge in [-0.3, -0.25) is 0 Å². The summed E-state index contributed by atoms with van der Waals surface area (Å²) in [5, 5.41) is 9.85. The van der Waals surface area contributed by atoms with Gasteiger partial charge in [0.2, 0.25) is 0 Å². The lowest BCUT2D eigenvalue weighted by Crippen LogP contribution is -2.38. The minimum atomic E-state index is 0.0831. The smallest absolute Gasteiger partial charge is 0.107 e. The van der Waals surface area contributed by atoms with Crippen molar-refractivity contribution >= 4 is 34.5 Å². The highest BCUT2D eigenvalue weighted by Crippen LogP contribution is 2.30. The Morgan fingerprint density at radius 3 is 2.53 bits per heavy atom. The number of benzene rings is 1. The standard InChI is InChI=1S/C14H21ClN2OS/c1-3-10(4-2)17(8-9-18)12-7-5-6-11(15)13(12)14(16)19/h5-7,10,18H,3-4,8-9H2,1-2H3,(H2,16,19). The number of aliphatic hydroxyl groups excluding tert-OH is 1. The van der Waals surface area contributed by atoms with Gasteiger partial charge in [-0.2, -0.15) is 0 Å². The van der Waals surface area contributed by atoms with Gasteiger partial charge in [-0.1, -0.05) is 43.7 Å². The molecule has 0 saturated heterocycles. The minimum absolute atomic E-state index is 0.0831. The Kier molecular flexibility index (Phi) is 6.55. The van der Waals surface area contributed by atoms with Crippen molar-refractivity contribution in [2.45, 2.75) is 32.7 Å². The zero-order chi connectivity index (χ0) is 14.4. The summed E-state index contributed by atoms with van der Waals surface area (Å²) in [6, 6.07) is 5.95. The first kappa shape index (κ1) is 16.2. The number of nitrogens with zero attached hydrogens (tertiary/aromatic N) is 1. The van der Waals surface area contributed by atoms with Crippen molar-refractivity contribution < 1.29 is 5.11 Å². The molecule has 106 valence electrons. The van der Waals surface area contributed by atoms with Crippen LogP contribution in [0.25, 0.3) is 0 Å². The number of rotatable bonds is 7. The van der Waals surface area contributed by atoms with E-state index in [9.17, 15) is 5.11 Å². The summed E-state index contributed by atoms with van der Waals surface area (Å²) in [6.07, 6.45) is 1.97. The summed E-state index contributed by atoms with van der Waals surface area (Å²) in [7, 11) is 0. The first-order chi connectivity index (χ1) is 9.06. The van der Waals surface area contributed by atoms with Crippen molar-refractivity contribution in [2.24, 2.45) is 5.73 Å². The lowest BCUT2D eigenvalue weighted by Gasteiger charge is -2.33. The van der Waals surface area contributed by atoms with Crippen LogP contribution in [0.5, 0.6) is 0 Å². The van der Waals surface area contributed by atoms with Crippen LogP contribution < -0.4 is 10.6 Å². The van der Waals surface area contributed by atoms with Gasteiger partial charge in [-0.05, 0) is 25.0 Å². The van der Waals surface area contributed by atoms with Crippen LogP contribution in [0.2, 0.25) is 5.02 Å². The van der Waals surface area contributed by atoms with E-state index in [1.165, 1.54) is 0 Å². The highest BCUT2D eigenvalue weighted by molar-refractivity contribution is 7.80. The maximum atomic E-state index is 9.30. The van der Waals surface area contributed by atoms with E-state index in [4.69, 9.17) is 29.6 Å². The Morgan fingerprint density at radius 1 is 1.42 bits per heavy atom. The fourth-order valence-corrected chi connectivity index (χ4v) is 2.87. The van der Waals surface area contributed by atoms with E-state index in [0.29, 0.717) is 23.2 Å². The number of aliphatic hydroxyl groups is 1. The monoisotopic (exact) mass is 300 g/mol. The molecular weight excluding hydrogens is 280 g/mol. The Morgan fingerprint density at radius 2 is 2.05 bits per heavy atom. The van der Waals surface area contributed by atoms with Crippen LogP contribution in [0, 0.1) is 0 Å². The molecule has 0 heterocycles. The molecule has 1 aromatic carbocycles. The molecule has 0 bridgehead atoms. The van der Waals surface area contributed by atoms with Gasteiger partial charge in [-0.15, -0.1) is 0 Å². The average molecular weight is 301 g/mol. The predicted molar refractivity (Wildman–Crippen MR) is 86.1 cm³/mol. The number of anilines is 1. The van der Waals surface area contributed by atoms with Crippen molar-refractivity contribution in [3.8, 4) is 0 Å². The summed E-state index contributed by atoms with van der Waals surface area (Å²) in [6.45, 7) is 4.88. The molecule has 0 amide bonds. The number of thiocarbonyl (C=S) groups is 1. The van der Waals surface area contributed by atoms with Crippen LogP contribution in [0.3, 0.4) is 0 Å². The molecule has 0 aromatic heterocycles. The third kappa shape index (κ3) is 3.81. The van der Waals surface area contributed by atoms with Crippen molar-refractivity contribution in [1.82, 2.24) is 0 Å². The summed E-state index contributed by atoms with van der Waals surface area (Å²) >= 11 is 11.3. The molecule has 0 unspecified atom stereocenters. The molecule has 5 heteroatoms. The first-order valence-corrected chi connectivity index (χ1v) is 7.31. The summed E-state index contributed by atoms with van der Waals surface area (Å²) in [4.78, 5) is 2.43. The van der Waals surface area contributed by atoms with Crippen molar-refractivity contribution in [3.63, 3.8) is 0 Å². The number of nitrogens with two attached hydrogens (primary N) is 1. The molecule has 3 N–H and O–H groups in total. The third-order valence-electron chi connectivity index (χ3n) is 3.27. The van der Waals surface area contributed by atoms with Crippen molar-refractivity contribution in [1.29, 1.82) is 0 Å². The summed E-state index contributed by atoms with van der Waals surface area (Å²) < 4.78 is 0. The molecule has 1 rings (SSSR count). The van der Waals surface area contributed by atoms with Crippen molar-refractivity contribution in [3.05, 3.63) is 28.8 Å². The van der Waals surface area contributed by atoms with E-state index < -0.39 is 0 Å². The fraction of sp³-hybridized carbons (Fsp3) is 0.500. The molecule has 0 aliphatic carbocycles. The molecule has 0 spiro atoms. The number of hydrogen-bond donors (Lipinski definition) is 2. The molecule has 3 nitrogen and oxygen atoms in total. The van der Waals surface area contributed by atoms with E-state index >= 15 is 0 Å². The summed E-state index contributed by atoms with van der Waals surface area (Å²) in [5.41, 5.74) is 7.39. The van der Waals surface area contributed by atoms with Gasteiger partial charge in [0, 0.05) is 18.3 Å². The van der Waals surface area contributed by atoms with Gasteiger partial charge in [0.1, 0.15) is 4.99 Å². The van der Waals surface area contributed by atoms with E-state index in [1.54, 1.807) is 6.07 Å². The Hall–Kier alpha value is -0.840. The summed E-state index contributed by atoms with van der Waals surface area (Å²) in [5.74, 6) is 0. The molecule has 0 atom stereocenters. The van der Waals surface area contributed by atoms with Crippen LogP contribution in [0.1, 0.15) is 32.3 Å². The highest BCUT2D eigenvalue weighted by Gasteiger charge is 2.20. The number of hydrogen-bond acceptors (Lipinski definition) is 3. The van der Waals surface area contributed by atoms with E-state index in [2.05, 4.69) is 18.7 Å². The van der Waals surface area contributed by atoms with Gasteiger partial charge in [-0.25, -0.2) is 0 Å². The number of halogens is 1. The van der Waals surface area contributed by atoms with Gasteiger partial charge in [0.15, 0.2) is 0 Å². The van der Waals surface area contributed by atoms with E-state index in [-0.39, 0.29) is 11.6 Å². The lowest BCUT2D eigenvalue weighted by molar-refractivity contribution is 0.296. The molecule has 0 aliphatic rings. The van der Waals surface area contributed by atoms with Crippen LogP contribution in [-0.4, -0.2) is 29.3 Å². The third-order valence-corrected chi connectivity index (χ3v) is 3.79. The second-order valence-corrected chi connectivity index (χ2v) is 5.23. The second-order valence-electron chi connectivity index (χ2n) is 4.39. The molecule has 1 aromatic rings. The largest absolute Gasteiger partial charge is 0.395 e. The predicted octanol–water partition coefficient (Wildman–Crippen LogP) is 2.96. The van der Waals surface area contributed by atoms with Crippen molar-refractivity contribution in [2.75, 3.05) is 18.1 Å². The molecule has 0 aliphatic heterocycles. The van der Waals surface area contributed by atoms with E-state index in [0.717, 1.165) is 18.5 Å². The Bertz CT molecular complexity index is 435. The quantitative estimate of drug-likeness (QED) is 0.760. The highest BCUT2D eigenvalue weighted by atomic mass is 35.5. The molecule has 0 fully saturated rings. The minimum Gasteiger partial charge on any atom is -0.395 e. The van der Waals surface area contributed by atoms with Gasteiger partial charge >= 0.3 is 0 Å². The van der Waals surface area contributed by atoms with Gasteiger partial charge < -0.3 is 15.7 Å². The SMILES string of the molecule is CCC(CC)N(CCO)c1cccc(Cl)c1C(N)=S. The molecule has 0 saturated carbocycles. The Labute approximate surface area is 125 Å². The average Bonchev–Trinajstić information content (AvgIpc) is 2.38. The van der Waals surface area contributed by atoms with Crippen LogP contribution in [0.15, 0.2) is 18.2 Å². The molecular formula is C14H21ClN2OS. The maximum absolute atomic E-state index is 9.30. The molecule has 0 radical (unpaired) electrons. The fourth-order valence-electron chi connectivity index (χ4n) is 2.33. The lowest BCUT2D eigenvalue weighted by atomic mass is 10.1. The zero-order valence-electron chi connectivity index (χ0n) is 11.4. The first-order valence-electron chi connectivity index (χ1n) is 6.52.